The van der Waals surface area contributed by atoms with E-state index >= 15 is 0 Å². The minimum absolute atomic E-state index is 0.0442. The predicted molar refractivity (Wildman–Crippen MR) is 196 cm³/mol. The Hall–Kier alpha value is -3.83. The molecular formula is C39H53N5O5. The molecule has 3 aromatic rings. The smallest absolute Gasteiger partial charge is 0.222 e. The van der Waals surface area contributed by atoms with Crippen LogP contribution in [0.1, 0.15) is 96.0 Å². The second-order valence-electron chi connectivity index (χ2n) is 13.3. The summed E-state index contributed by atoms with van der Waals surface area (Å²) in [6, 6.07) is 6.37. The maximum absolute atomic E-state index is 13.3. The Kier molecular flexibility index (Phi) is 12.1. The first kappa shape index (κ1) is 36.5. The van der Waals surface area contributed by atoms with Crippen molar-refractivity contribution in [1.29, 1.82) is 0 Å². The van der Waals surface area contributed by atoms with Crippen LogP contribution in [0.25, 0.3) is 33.7 Å². The number of aryl methyl sites for hydroxylation is 3. The third-order valence-corrected chi connectivity index (χ3v) is 10.2. The number of carbonyl (C=O) groups excluding carboxylic acids is 1. The van der Waals surface area contributed by atoms with Crippen LogP contribution in [0.5, 0.6) is 0 Å². The number of carbonyl (C=O) groups is 1. The number of allylic oxidation sites excluding steroid dienone is 1. The number of hydrogen-bond donors (Lipinski definition) is 3. The largest absolute Gasteiger partial charge is 0.392 e. The lowest BCUT2D eigenvalue weighted by Crippen LogP contribution is -2.30. The molecule has 1 unspecified atom stereocenters. The monoisotopic (exact) mass is 671 g/mol. The standard InChI is InChI=1S/C39H53N5O5/c1-9-28-24(3)34-21-37-30(22-45)26(5)33(42-37)20-35-25(4)29(10-11-38(46)44(7)12-13-48-16-17-49-15-14-47-8)39(43-35)27(6)32-18-23(2)31(40-32)19-36(28)41-34/h18-21,25,29,41-42,45H,9-17,22H2,1-8H3/t25?,29-/m0/s1. The van der Waals surface area contributed by atoms with Gasteiger partial charge in [-0.25, -0.2) is 4.98 Å². The first-order chi connectivity index (χ1) is 23.6. The number of aromatic nitrogens is 4. The highest BCUT2D eigenvalue weighted by Gasteiger charge is 2.31. The average molecular weight is 672 g/mol. The number of methoxy groups -OCH3 is 1. The van der Waals surface area contributed by atoms with Gasteiger partial charge in [-0.3, -0.25) is 9.78 Å². The lowest BCUT2D eigenvalue weighted by atomic mass is 9.85. The maximum atomic E-state index is 13.3. The van der Waals surface area contributed by atoms with Crippen molar-refractivity contribution >= 4 is 39.6 Å². The molecule has 3 N–H and O–H groups in total. The Bertz CT molecular complexity index is 1860. The van der Waals surface area contributed by atoms with E-state index in [1.54, 1.807) is 12.0 Å². The molecule has 0 aliphatic carbocycles. The number of aliphatic hydroxyl groups is 1. The molecular weight excluding hydrogens is 618 g/mol. The maximum Gasteiger partial charge on any atom is 0.222 e. The van der Waals surface area contributed by atoms with Gasteiger partial charge in [0.15, 0.2) is 0 Å². The second kappa shape index (κ2) is 16.3. The van der Waals surface area contributed by atoms with Crippen molar-refractivity contribution in [3.8, 4) is 0 Å². The number of fused-ring (bicyclic) bond motifs is 8. The number of nitrogens with zero attached hydrogens (tertiary/aromatic N) is 3. The van der Waals surface area contributed by atoms with Crippen molar-refractivity contribution in [2.45, 2.75) is 79.2 Å². The summed E-state index contributed by atoms with van der Waals surface area (Å²) in [6.45, 7) is 15.7. The highest BCUT2D eigenvalue weighted by atomic mass is 16.5. The van der Waals surface area contributed by atoms with E-state index < -0.39 is 0 Å². The molecule has 0 fully saturated rings. The van der Waals surface area contributed by atoms with E-state index in [2.05, 4.69) is 68.9 Å². The van der Waals surface area contributed by atoms with Crippen molar-refractivity contribution in [3.63, 3.8) is 0 Å². The number of amides is 1. The van der Waals surface area contributed by atoms with Crippen molar-refractivity contribution in [2.24, 2.45) is 0 Å². The number of ether oxygens (including phenoxy) is 3. The van der Waals surface area contributed by atoms with Gasteiger partial charge >= 0.3 is 0 Å². The fraction of sp³-hybridized carbons (Fsp3) is 0.513. The zero-order valence-electron chi connectivity index (χ0n) is 30.5. The van der Waals surface area contributed by atoms with Gasteiger partial charge in [-0.1, -0.05) is 13.8 Å². The molecule has 0 spiro atoms. The fourth-order valence-corrected chi connectivity index (χ4v) is 6.92. The Morgan fingerprint density at radius 1 is 0.878 bits per heavy atom. The molecule has 49 heavy (non-hydrogen) atoms. The first-order valence-corrected chi connectivity index (χ1v) is 17.5. The molecule has 0 aromatic carbocycles. The van der Waals surface area contributed by atoms with Crippen LogP contribution in [0.4, 0.5) is 0 Å². The minimum atomic E-state index is -0.0712. The molecule has 5 rings (SSSR count). The highest BCUT2D eigenvalue weighted by molar-refractivity contribution is 5.85. The van der Waals surface area contributed by atoms with Crippen LogP contribution in [0.15, 0.2) is 18.2 Å². The van der Waals surface area contributed by atoms with Gasteiger partial charge < -0.3 is 34.2 Å². The molecule has 3 aromatic heterocycles. The van der Waals surface area contributed by atoms with E-state index in [0.717, 1.165) is 73.5 Å². The molecule has 264 valence electrons. The van der Waals surface area contributed by atoms with Crippen LogP contribution in [-0.4, -0.2) is 89.6 Å². The minimum Gasteiger partial charge on any atom is -0.392 e. The lowest BCUT2D eigenvalue weighted by molar-refractivity contribution is -0.130. The summed E-state index contributed by atoms with van der Waals surface area (Å²) in [7, 11) is 3.48. The number of aromatic amines is 2. The summed E-state index contributed by atoms with van der Waals surface area (Å²) in [5, 5.41) is 10.4. The number of H-pyrrole nitrogens is 2. The Morgan fingerprint density at radius 2 is 1.53 bits per heavy atom. The molecule has 10 heteroatoms. The lowest BCUT2D eigenvalue weighted by Gasteiger charge is -2.21. The summed E-state index contributed by atoms with van der Waals surface area (Å²) in [5.41, 5.74) is 14.1. The first-order valence-electron chi connectivity index (χ1n) is 17.5. The normalized spacial score (nSPS) is 15.9. The van der Waals surface area contributed by atoms with E-state index in [1.165, 1.54) is 11.1 Å². The molecule has 0 saturated carbocycles. The van der Waals surface area contributed by atoms with Gasteiger partial charge in [-0.15, -0.1) is 0 Å². The van der Waals surface area contributed by atoms with Gasteiger partial charge in [-0.05, 0) is 92.6 Å². The molecule has 2 aliphatic heterocycles. The van der Waals surface area contributed by atoms with Crippen LogP contribution < -0.4 is 0 Å². The Labute approximate surface area is 289 Å². The molecule has 2 atom stereocenters. The van der Waals surface area contributed by atoms with E-state index in [1.807, 2.05) is 14.0 Å². The van der Waals surface area contributed by atoms with Crippen LogP contribution in [0, 0.1) is 20.8 Å². The van der Waals surface area contributed by atoms with Gasteiger partial charge in [-0.2, -0.15) is 0 Å². The third kappa shape index (κ3) is 7.99. The van der Waals surface area contributed by atoms with E-state index in [9.17, 15) is 9.90 Å². The summed E-state index contributed by atoms with van der Waals surface area (Å²) < 4.78 is 16.1. The second-order valence-corrected chi connectivity index (χ2v) is 13.3. The van der Waals surface area contributed by atoms with Crippen molar-refractivity contribution in [1.82, 2.24) is 24.8 Å². The van der Waals surface area contributed by atoms with Crippen molar-refractivity contribution in [2.75, 3.05) is 53.7 Å². The highest BCUT2D eigenvalue weighted by Crippen LogP contribution is 2.42. The number of hydrogen-bond acceptors (Lipinski definition) is 7. The SMILES string of the molecule is CCc1c(C)c2cc3[nH]c(cc4nc(c(C)c5nc(cc1[nH]2)C(C)=C5)[C@@H](CCC(=O)N(C)CCOCCOCCOC)C4C)c(C)c3CO. The van der Waals surface area contributed by atoms with Gasteiger partial charge in [0.2, 0.25) is 5.91 Å². The van der Waals surface area contributed by atoms with Crippen LogP contribution in [0.3, 0.4) is 0 Å². The van der Waals surface area contributed by atoms with E-state index in [0.29, 0.717) is 52.4 Å². The van der Waals surface area contributed by atoms with Gasteiger partial charge in [0.25, 0.3) is 0 Å². The molecule has 10 nitrogen and oxygen atoms in total. The summed E-state index contributed by atoms with van der Waals surface area (Å²) >= 11 is 0. The van der Waals surface area contributed by atoms with Crippen LogP contribution >= 0.6 is 0 Å². The van der Waals surface area contributed by atoms with Crippen molar-refractivity contribution < 1.29 is 24.1 Å². The summed E-state index contributed by atoms with van der Waals surface area (Å²) in [4.78, 5) is 32.6. The molecule has 5 heterocycles. The van der Waals surface area contributed by atoms with E-state index in [4.69, 9.17) is 24.2 Å². The zero-order valence-corrected chi connectivity index (χ0v) is 30.5. The quantitative estimate of drug-likeness (QED) is 0.164. The van der Waals surface area contributed by atoms with Crippen LogP contribution in [-0.2, 0) is 32.0 Å². The Balaban J connectivity index is 1.49. The predicted octanol–water partition coefficient (Wildman–Crippen LogP) is 6.66. The van der Waals surface area contributed by atoms with Gasteiger partial charge in [0.05, 0.1) is 51.0 Å². The van der Waals surface area contributed by atoms with Crippen LogP contribution in [0.2, 0.25) is 0 Å². The number of nitrogens with one attached hydrogen (secondary N) is 2. The molecule has 2 aliphatic rings. The molecule has 0 saturated heterocycles. The average Bonchev–Trinajstić information content (AvgIpc) is 3.79. The molecule has 8 bridgehead atoms. The molecule has 1 amide bonds. The third-order valence-electron chi connectivity index (χ3n) is 10.2. The van der Waals surface area contributed by atoms with Gasteiger partial charge in [0, 0.05) is 78.0 Å². The topological polar surface area (TPSA) is 126 Å². The molecule has 0 radical (unpaired) electrons. The summed E-state index contributed by atoms with van der Waals surface area (Å²) in [5.74, 6) is 0.205. The van der Waals surface area contributed by atoms with Crippen molar-refractivity contribution in [3.05, 3.63) is 68.8 Å². The number of aliphatic hydroxyl groups excluding tert-OH is 1. The summed E-state index contributed by atoms with van der Waals surface area (Å²) in [6.07, 6.45) is 4.10. The number of likely N-dealkylation sites (N-methyl/N-ethyl adjacent to an activating group) is 1. The number of rotatable bonds is 14. The fourth-order valence-electron chi connectivity index (χ4n) is 6.92. The zero-order chi connectivity index (χ0) is 35.2. The van der Waals surface area contributed by atoms with E-state index in [-0.39, 0.29) is 24.3 Å². The Morgan fingerprint density at radius 3 is 2.22 bits per heavy atom. The van der Waals surface area contributed by atoms with Gasteiger partial charge in [0.1, 0.15) is 0 Å².